The first kappa shape index (κ1) is 38.3. The van der Waals surface area contributed by atoms with E-state index in [9.17, 15) is 24.0 Å². The Labute approximate surface area is 303 Å². The molecule has 1 saturated heterocycles. The number of carbonyl (C=O) groups excluding carboxylic acids is 4. The van der Waals surface area contributed by atoms with Crippen molar-refractivity contribution in [3.05, 3.63) is 70.3 Å². The van der Waals surface area contributed by atoms with Crippen molar-refractivity contribution in [2.75, 3.05) is 53.1 Å². The van der Waals surface area contributed by atoms with E-state index in [-0.39, 0.29) is 69.0 Å². The number of nitrogens with one attached hydrogen (secondary N) is 3. The molecular formula is C38H50N6O8. The number of aromatic nitrogens is 2. The average Bonchev–Trinajstić information content (AvgIpc) is 3.14. The molecule has 3 N–H and O–H groups in total. The molecule has 3 aliphatic heterocycles. The van der Waals surface area contributed by atoms with Crippen LogP contribution in [0.5, 0.6) is 11.5 Å². The van der Waals surface area contributed by atoms with Gasteiger partial charge in [0.05, 0.1) is 12.5 Å². The largest absolute Gasteiger partial charge is 0.493 e. The predicted molar refractivity (Wildman–Crippen MR) is 193 cm³/mol. The Balaban J connectivity index is 1.42. The minimum absolute atomic E-state index is 0.0318. The maximum absolute atomic E-state index is 14.3. The van der Waals surface area contributed by atoms with Gasteiger partial charge in [-0.05, 0) is 74.3 Å². The fraction of sp³-hybridized carbons (Fsp3) is 0.526. The minimum atomic E-state index is -0.984. The number of ether oxygens (including phenoxy) is 3. The SMILES string of the molecule is COc1cc2ccc1OCC(=O)NCCN(C(=O)c1cnc3ccccn3c1=O)CCCC(=O)NCC(CCC(C)C)(C(=O)NC1CCOCC1)C2. The van der Waals surface area contributed by atoms with Gasteiger partial charge in [0.1, 0.15) is 11.2 Å². The summed E-state index contributed by atoms with van der Waals surface area (Å²) in [5.41, 5.74) is -0.401. The van der Waals surface area contributed by atoms with Crippen LogP contribution in [0.3, 0.4) is 0 Å². The van der Waals surface area contributed by atoms with Crippen LogP contribution in [0.4, 0.5) is 0 Å². The molecule has 0 aliphatic carbocycles. The predicted octanol–water partition coefficient (Wildman–Crippen LogP) is 2.51. The highest BCUT2D eigenvalue weighted by Crippen LogP contribution is 2.35. The third kappa shape index (κ3) is 9.87. The summed E-state index contributed by atoms with van der Waals surface area (Å²) in [5.74, 6) is -0.300. The zero-order valence-electron chi connectivity index (χ0n) is 30.3. The number of methoxy groups -OCH3 is 1. The molecule has 1 fully saturated rings. The lowest BCUT2D eigenvalue weighted by molar-refractivity contribution is -0.133. The number of benzene rings is 1. The zero-order chi connectivity index (χ0) is 37.1. The van der Waals surface area contributed by atoms with Crippen LogP contribution in [0.1, 0.15) is 68.3 Å². The molecule has 3 aliphatic rings. The quantitative estimate of drug-likeness (QED) is 0.311. The van der Waals surface area contributed by atoms with Gasteiger partial charge in [0.15, 0.2) is 18.1 Å². The Morgan fingerprint density at radius 2 is 1.88 bits per heavy atom. The first-order valence-corrected chi connectivity index (χ1v) is 18.1. The standard InChI is InChI=1S/C38H50N6O8/c1-26(2)11-14-38(37(49)42-28-12-19-51-20-13-28)22-27-9-10-30(31(21-27)50-3)52-24-34(46)39-15-18-43(16-6-8-33(45)41-25-38)35(47)29-23-40-32-7-4-5-17-44(32)36(29)48/h4-5,7,9-10,17,21,23,26,28H,6,8,11-16,18-20,22,24-25H2,1-3H3,(H,39,46)(H,41,45)(H,42,49). The van der Waals surface area contributed by atoms with Gasteiger partial charge in [-0.2, -0.15) is 0 Å². The van der Waals surface area contributed by atoms with Crippen molar-refractivity contribution >= 4 is 29.3 Å². The lowest BCUT2D eigenvalue weighted by Crippen LogP contribution is -2.53. The Morgan fingerprint density at radius 1 is 1.08 bits per heavy atom. The van der Waals surface area contributed by atoms with Crippen LogP contribution >= 0.6 is 0 Å². The summed E-state index contributed by atoms with van der Waals surface area (Å²) in [7, 11) is 1.51. The van der Waals surface area contributed by atoms with Crippen molar-refractivity contribution in [3.63, 3.8) is 0 Å². The molecule has 4 amide bonds. The van der Waals surface area contributed by atoms with Crippen LogP contribution in [0.25, 0.3) is 5.65 Å². The zero-order valence-corrected chi connectivity index (χ0v) is 30.3. The van der Waals surface area contributed by atoms with Crippen molar-refractivity contribution in [2.24, 2.45) is 11.3 Å². The van der Waals surface area contributed by atoms with Crippen molar-refractivity contribution in [2.45, 2.75) is 64.8 Å². The number of pyridine rings is 1. The highest BCUT2D eigenvalue weighted by Gasteiger charge is 2.40. The van der Waals surface area contributed by atoms with E-state index in [1.807, 2.05) is 12.1 Å². The van der Waals surface area contributed by atoms with Crippen LogP contribution in [0.15, 0.2) is 53.6 Å². The van der Waals surface area contributed by atoms with Crippen molar-refractivity contribution in [3.8, 4) is 11.5 Å². The van der Waals surface area contributed by atoms with E-state index in [1.165, 1.54) is 22.6 Å². The molecule has 52 heavy (non-hydrogen) atoms. The van der Waals surface area contributed by atoms with Crippen molar-refractivity contribution in [1.29, 1.82) is 0 Å². The second-order valence-electron chi connectivity index (χ2n) is 14.0. The van der Waals surface area contributed by atoms with Gasteiger partial charge in [-0.25, -0.2) is 4.98 Å². The summed E-state index contributed by atoms with van der Waals surface area (Å²) in [6.07, 6.45) is 6.18. The van der Waals surface area contributed by atoms with Crippen LogP contribution in [-0.2, 0) is 25.5 Å². The van der Waals surface area contributed by atoms with Crippen LogP contribution in [0, 0.1) is 11.3 Å². The lowest BCUT2D eigenvalue weighted by Gasteiger charge is -2.36. The number of fused-ring (bicyclic) bond motifs is 17. The summed E-state index contributed by atoms with van der Waals surface area (Å²) >= 11 is 0. The number of amides is 4. The molecule has 6 rings (SSSR count). The summed E-state index contributed by atoms with van der Waals surface area (Å²) in [6.45, 7) is 5.45. The van der Waals surface area contributed by atoms with Gasteiger partial charge in [-0.1, -0.05) is 26.0 Å². The number of nitrogens with zero attached hydrogens (tertiary/aromatic N) is 3. The van der Waals surface area contributed by atoms with Crippen LogP contribution in [0.2, 0.25) is 0 Å². The molecule has 1 atom stereocenters. The molecule has 1 unspecified atom stereocenters. The third-order valence-corrected chi connectivity index (χ3v) is 9.66. The monoisotopic (exact) mass is 718 g/mol. The first-order valence-electron chi connectivity index (χ1n) is 18.1. The van der Waals surface area contributed by atoms with Gasteiger partial charge in [0.2, 0.25) is 11.8 Å². The van der Waals surface area contributed by atoms with Gasteiger partial charge < -0.3 is 35.1 Å². The topological polar surface area (TPSA) is 170 Å². The smallest absolute Gasteiger partial charge is 0.270 e. The Kier molecular flexibility index (Phi) is 13.2. The Hall–Kier alpha value is -4.98. The fourth-order valence-corrected chi connectivity index (χ4v) is 6.56. The van der Waals surface area contributed by atoms with Gasteiger partial charge in [0, 0.05) is 64.2 Å². The van der Waals surface area contributed by atoms with Crippen LogP contribution in [-0.4, -0.2) is 97.1 Å². The van der Waals surface area contributed by atoms with Gasteiger partial charge >= 0.3 is 0 Å². The summed E-state index contributed by atoms with van der Waals surface area (Å²) < 4.78 is 18.3. The number of hydrogen-bond acceptors (Lipinski definition) is 9. The summed E-state index contributed by atoms with van der Waals surface area (Å²) in [6, 6.07) is 10.4. The van der Waals surface area contributed by atoms with Gasteiger partial charge in [0.25, 0.3) is 17.4 Å². The molecule has 2 bridgehead atoms. The molecule has 2 aromatic heterocycles. The Bertz CT molecular complexity index is 1790. The normalized spacial score (nSPS) is 19.9. The van der Waals surface area contributed by atoms with Gasteiger partial charge in [-0.15, -0.1) is 0 Å². The van der Waals surface area contributed by atoms with E-state index in [1.54, 1.807) is 30.5 Å². The number of carbonyl (C=O) groups is 4. The maximum Gasteiger partial charge on any atom is 0.270 e. The molecule has 0 radical (unpaired) electrons. The molecule has 5 heterocycles. The second-order valence-corrected chi connectivity index (χ2v) is 14.0. The minimum Gasteiger partial charge on any atom is -0.493 e. The molecule has 14 heteroatoms. The maximum atomic E-state index is 14.3. The van der Waals surface area contributed by atoms with Crippen molar-refractivity contribution < 1.29 is 33.4 Å². The second kappa shape index (κ2) is 18.0. The first-order chi connectivity index (χ1) is 25.1. The molecule has 280 valence electrons. The van der Waals surface area contributed by atoms with E-state index in [0.717, 1.165) is 12.0 Å². The summed E-state index contributed by atoms with van der Waals surface area (Å²) in [4.78, 5) is 73.3. The van der Waals surface area contributed by atoms with Crippen LogP contribution < -0.4 is 31.0 Å². The highest BCUT2D eigenvalue weighted by atomic mass is 16.5. The number of hydrogen-bond donors (Lipinski definition) is 3. The molecule has 14 nitrogen and oxygen atoms in total. The Morgan fingerprint density at radius 3 is 2.65 bits per heavy atom. The molecule has 0 saturated carbocycles. The van der Waals surface area contributed by atoms with Gasteiger partial charge in [-0.3, -0.25) is 28.4 Å². The number of rotatable bonds is 7. The molecular weight excluding hydrogens is 668 g/mol. The molecule has 0 spiro atoms. The highest BCUT2D eigenvalue weighted by molar-refractivity contribution is 5.94. The van der Waals surface area contributed by atoms with E-state index in [0.29, 0.717) is 62.0 Å². The average molecular weight is 719 g/mol. The summed E-state index contributed by atoms with van der Waals surface area (Å²) in [5, 5.41) is 9.09. The lowest BCUT2D eigenvalue weighted by atomic mass is 9.75. The van der Waals surface area contributed by atoms with E-state index >= 15 is 0 Å². The van der Waals surface area contributed by atoms with E-state index < -0.39 is 22.8 Å². The molecule has 1 aromatic carbocycles. The molecule has 3 aromatic rings. The third-order valence-electron chi connectivity index (χ3n) is 9.66. The van der Waals surface area contributed by atoms with Crippen molar-refractivity contribution in [1.82, 2.24) is 30.2 Å². The fourth-order valence-electron chi connectivity index (χ4n) is 6.56. The van der Waals surface area contributed by atoms with E-state index in [4.69, 9.17) is 14.2 Å². The van der Waals surface area contributed by atoms with E-state index in [2.05, 4.69) is 34.8 Å².